The van der Waals surface area contributed by atoms with E-state index < -0.39 is 16.0 Å². The lowest BCUT2D eigenvalue weighted by atomic mass is 10.1. The first-order chi connectivity index (χ1) is 12.8. The van der Waals surface area contributed by atoms with E-state index in [9.17, 15) is 18.3 Å². The summed E-state index contributed by atoms with van der Waals surface area (Å²) in [7, 11) is -3.74. The number of anilines is 1. The summed E-state index contributed by atoms with van der Waals surface area (Å²) in [6, 6.07) is 13.6. The highest BCUT2D eigenvalue weighted by atomic mass is 32.2. The molecule has 0 saturated carbocycles. The van der Waals surface area contributed by atoms with E-state index in [1.54, 1.807) is 0 Å². The van der Waals surface area contributed by atoms with Crippen LogP contribution >= 0.6 is 0 Å². The van der Waals surface area contributed by atoms with Gasteiger partial charge in [0, 0.05) is 18.3 Å². The number of hydrogen-bond donors (Lipinski definition) is 3. The van der Waals surface area contributed by atoms with Crippen molar-refractivity contribution in [3.63, 3.8) is 0 Å². The molecule has 0 aliphatic rings. The molecule has 0 amide bonds. The highest BCUT2D eigenvalue weighted by Crippen LogP contribution is 2.25. The van der Waals surface area contributed by atoms with Crippen LogP contribution in [0.25, 0.3) is 0 Å². The standard InChI is InChI=1S/C20H26N2O4S/c1-3-4-8-13-21-27(25,26)17-11-12-19(18(14-17)20(23)24)22-15(2)16-9-6-5-7-10-16/h5-7,9-12,14-15,21-22H,3-4,8,13H2,1-2H3,(H,23,24)/t15-/m0/s1. The molecule has 0 bridgehead atoms. The summed E-state index contributed by atoms with van der Waals surface area (Å²) in [6.07, 6.45) is 2.67. The Kier molecular flexibility index (Phi) is 7.38. The van der Waals surface area contributed by atoms with E-state index in [4.69, 9.17) is 0 Å². The van der Waals surface area contributed by atoms with Gasteiger partial charge in [-0.15, -0.1) is 0 Å². The molecule has 6 nitrogen and oxygen atoms in total. The van der Waals surface area contributed by atoms with E-state index in [2.05, 4.69) is 10.0 Å². The fourth-order valence-corrected chi connectivity index (χ4v) is 3.82. The van der Waals surface area contributed by atoms with E-state index >= 15 is 0 Å². The van der Waals surface area contributed by atoms with Gasteiger partial charge in [-0.05, 0) is 37.1 Å². The predicted octanol–water partition coefficient (Wildman–Crippen LogP) is 4.03. The molecule has 0 saturated heterocycles. The van der Waals surface area contributed by atoms with Gasteiger partial charge in [0.15, 0.2) is 0 Å². The number of rotatable bonds is 10. The lowest BCUT2D eigenvalue weighted by Crippen LogP contribution is -2.25. The summed E-state index contributed by atoms with van der Waals surface area (Å²) in [4.78, 5) is 11.6. The Balaban J connectivity index is 2.22. The van der Waals surface area contributed by atoms with Crippen LogP contribution in [-0.4, -0.2) is 26.0 Å². The third-order valence-electron chi connectivity index (χ3n) is 4.28. The van der Waals surface area contributed by atoms with Crippen LogP contribution in [-0.2, 0) is 10.0 Å². The van der Waals surface area contributed by atoms with Crippen LogP contribution in [0.1, 0.15) is 55.1 Å². The summed E-state index contributed by atoms with van der Waals surface area (Å²) in [5.41, 5.74) is 1.31. The Hall–Kier alpha value is -2.38. The Morgan fingerprint density at radius 2 is 1.81 bits per heavy atom. The van der Waals surface area contributed by atoms with Gasteiger partial charge in [-0.2, -0.15) is 0 Å². The van der Waals surface area contributed by atoms with Gasteiger partial charge in [-0.25, -0.2) is 17.9 Å². The van der Waals surface area contributed by atoms with Gasteiger partial charge in [0.05, 0.1) is 10.5 Å². The molecule has 0 heterocycles. The SMILES string of the molecule is CCCCCNS(=O)(=O)c1ccc(N[C@@H](C)c2ccccc2)c(C(=O)O)c1. The molecular weight excluding hydrogens is 364 g/mol. The van der Waals surface area contributed by atoms with Gasteiger partial charge in [0.25, 0.3) is 0 Å². The van der Waals surface area contributed by atoms with Crippen LogP contribution < -0.4 is 10.0 Å². The van der Waals surface area contributed by atoms with Crippen molar-refractivity contribution in [1.82, 2.24) is 4.72 Å². The lowest BCUT2D eigenvalue weighted by Gasteiger charge is -2.18. The first-order valence-corrected chi connectivity index (χ1v) is 10.5. The van der Waals surface area contributed by atoms with E-state index in [-0.39, 0.29) is 16.5 Å². The van der Waals surface area contributed by atoms with Crippen LogP contribution in [0.15, 0.2) is 53.4 Å². The number of sulfonamides is 1. The molecule has 27 heavy (non-hydrogen) atoms. The maximum absolute atomic E-state index is 12.4. The molecule has 0 unspecified atom stereocenters. The number of unbranched alkanes of at least 4 members (excludes halogenated alkanes) is 2. The van der Waals surface area contributed by atoms with E-state index in [1.807, 2.05) is 44.2 Å². The second-order valence-corrected chi connectivity index (χ2v) is 8.16. The molecule has 0 aliphatic heterocycles. The topological polar surface area (TPSA) is 95.5 Å². The van der Waals surface area contributed by atoms with Gasteiger partial charge < -0.3 is 10.4 Å². The van der Waals surface area contributed by atoms with Crippen molar-refractivity contribution in [2.75, 3.05) is 11.9 Å². The second kappa shape index (κ2) is 9.53. The number of aromatic carboxylic acids is 1. The zero-order chi connectivity index (χ0) is 19.9. The van der Waals surface area contributed by atoms with Crippen molar-refractivity contribution >= 4 is 21.7 Å². The molecule has 0 radical (unpaired) electrons. The molecule has 2 aromatic carbocycles. The average Bonchev–Trinajstić information content (AvgIpc) is 2.66. The van der Waals surface area contributed by atoms with Crippen molar-refractivity contribution in [3.05, 3.63) is 59.7 Å². The fourth-order valence-electron chi connectivity index (χ4n) is 2.72. The first-order valence-electron chi connectivity index (χ1n) is 9.03. The minimum atomic E-state index is -3.74. The molecule has 2 rings (SSSR count). The smallest absolute Gasteiger partial charge is 0.337 e. The number of nitrogens with one attached hydrogen (secondary N) is 2. The number of carboxylic acids is 1. The largest absolute Gasteiger partial charge is 0.478 e. The molecule has 1 atom stereocenters. The van der Waals surface area contributed by atoms with Crippen molar-refractivity contribution in [2.45, 2.75) is 44.0 Å². The van der Waals surface area contributed by atoms with Crippen molar-refractivity contribution in [1.29, 1.82) is 0 Å². The number of benzene rings is 2. The van der Waals surface area contributed by atoms with Gasteiger partial charge in [0.1, 0.15) is 0 Å². The normalized spacial score (nSPS) is 12.5. The zero-order valence-corrected chi connectivity index (χ0v) is 16.4. The average molecular weight is 391 g/mol. The van der Waals surface area contributed by atoms with Gasteiger partial charge >= 0.3 is 5.97 Å². The van der Waals surface area contributed by atoms with Gasteiger partial charge in [0.2, 0.25) is 10.0 Å². The highest BCUT2D eigenvalue weighted by molar-refractivity contribution is 7.89. The molecule has 2 aromatic rings. The molecule has 146 valence electrons. The predicted molar refractivity (Wildman–Crippen MR) is 107 cm³/mol. The third-order valence-corrected chi connectivity index (χ3v) is 5.73. The lowest BCUT2D eigenvalue weighted by molar-refractivity contribution is 0.0697. The maximum Gasteiger partial charge on any atom is 0.337 e. The molecular formula is C20H26N2O4S. The molecule has 0 fully saturated rings. The molecule has 0 spiro atoms. The van der Waals surface area contributed by atoms with Gasteiger partial charge in [-0.3, -0.25) is 0 Å². The van der Waals surface area contributed by atoms with Crippen LogP contribution in [0, 0.1) is 0 Å². The maximum atomic E-state index is 12.4. The second-order valence-electron chi connectivity index (χ2n) is 6.39. The number of carbonyl (C=O) groups is 1. The summed E-state index contributed by atoms with van der Waals surface area (Å²) in [5.74, 6) is -1.18. The van der Waals surface area contributed by atoms with Crippen LogP contribution in [0.3, 0.4) is 0 Å². The van der Waals surface area contributed by atoms with E-state index in [0.29, 0.717) is 12.2 Å². The Labute approximate surface area is 160 Å². The van der Waals surface area contributed by atoms with Crippen molar-refractivity contribution < 1.29 is 18.3 Å². The number of hydrogen-bond acceptors (Lipinski definition) is 4. The molecule has 0 aliphatic carbocycles. The Morgan fingerprint density at radius 3 is 2.44 bits per heavy atom. The minimum absolute atomic E-state index is 0.0469. The Bertz CT molecular complexity index is 867. The minimum Gasteiger partial charge on any atom is -0.478 e. The van der Waals surface area contributed by atoms with Crippen LogP contribution in [0.2, 0.25) is 0 Å². The van der Waals surface area contributed by atoms with Crippen LogP contribution in [0.5, 0.6) is 0 Å². The number of carboxylic acid groups (broad SMARTS) is 1. The quantitative estimate of drug-likeness (QED) is 0.533. The zero-order valence-electron chi connectivity index (χ0n) is 15.6. The van der Waals surface area contributed by atoms with Crippen molar-refractivity contribution in [3.8, 4) is 0 Å². The monoisotopic (exact) mass is 390 g/mol. The van der Waals surface area contributed by atoms with E-state index in [0.717, 1.165) is 24.8 Å². The molecule has 0 aromatic heterocycles. The fraction of sp³-hybridized carbons (Fsp3) is 0.350. The first kappa shape index (κ1) is 20.9. The van der Waals surface area contributed by atoms with Gasteiger partial charge in [-0.1, -0.05) is 50.1 Å². The highest BCUT2D eigenvalue weighted by Gasteiger charge is 2.19. The summed E-state index contributed by atoms with van der Waals surface area (Å²) >= 11 is 0. The van der Waals surface area contributed by atoms with Crippen LogP contribution in [0.4, 0.5) is 5.69 Å². The summed E-state index contributed by atoms with van der Waals surface area (Å²) in [6.45, 7) is 4.29. The van der Waals surface area contributed by atoms with Crippen molar-refractivity contribution in [2.24, 2.45) is 0 Å². The summed E-state index contributed by atoms with van der Waals surface area (Å²) < 4.78 is 27.3. The summed E-state index contributed by atoms with van der Waals surface area (Å²) in [5, 5.41) is 12.7. The van der Waals surface area contributed by atoms with E-state index in [1.165, 1.54) is 18.2 Å². The molecule has 3 N–H and O–H groups in total. The molecule has 7 heteroatoms. The Morgan fingerprint density at radius 1 is 1.11 bits per heavy atom. The third kappa shape index (κ3) is 5.80.